The van der Waals surface area contributed by atoms with Crippen LogP contribution in [0.5, 0.6) is 0 Å². The number of amides is 3. The van der Waals surface area contributed by atoms with E-state index in [0.717, 1.165) is 25.1 Å². The van der Waals surface area contributed by atoms with Crippen molar-refractivity contribution >= 4 is 23.3 Å². The molecule has 2 aliphatic heterocycles. The van der Waals surface area contributed by atoms with Crippen molar-refractivity contribution in [3.05, 3.63) is 24.2 Å². The molecule has 2 atom stereocenters. The lowest BCUT2D eigenvalue weighted by atomic mass is 10.0. The number of aliphatic hydroxyl groups excluding tert-OH is 1. The number of carbonyl (C=O) groups excluding carboxylic acids is 2. The maximum Gasteiger partial charge on any atom is 0.321 e. The first kappa shape index (κ1) is 14.6. The van der Waals surface area contributed by atoms with Crippen LogP contribution in [-0.4, -0.2) is 57.4 Å². The van der Waals surface area contributed by atoms with Crippen LogP contribution in [0, 0.1) is 5.41 Å². The van der Waals surface area contributed by atoms with Gasteiger partial charge in [-0.15, -0.1) is 0 Å². The third-order valence-electron chi connectivity index (χ3n) is 5.57. The molecule has 2 aromatic rings. The number of nitrogens with zero attached hydrogens (tertiary/aromatic N) is 4. The minimum atomic E-state index is -0.550. The Morgan fingerprint density at radius 2 is 2.16 bits per heavy atom. The van der Waals surface area contributed by atoms with Gasteiger partial charge in [-0.1, -0.05) is 0 Å². The Kier molecular flexibility index (Phi) is 2.88. The molecule has 9 heteroatoms. The fourth-order valence-corrected chi connectivity index (χ4v) is 3.88. The number of imide groups is 1. The van der Waals surface area contributed by atoms with Gasteiger partial charge in [0.05, 0.1) is 23.4 Å². The molecule has 130 valence electrons. The zero-order chi connectivity index (χ0) is 17.2. The Labute approximate surface area is 143 Å². The largest absolute Gasteiger partial charge is 0.391 e. The summed E-state index contributed by atoms with van der Waals surface area (Å²) in [4.78, 5) is 30.0. The van der Waals surface area contributed by atoms with E-state index in [2.05, 4.69) is 25.6 Å². The Hall–Kier alpha value is -2.68. The van der Waals surface area contributed by atoms with Gasteiger partial charge < -0.3 is 15.3 Å². The molecule has 3 aliphatic rings. The minimum Gasteiger partial charge on any atom is -0.391 e. The number of rotatable bonds is 2. The highest BCUT2D eigenvalue weighted by atomic mass is 16.3. The van der Waals surface area contributed by atoms with Gasteiger partial charge in [-0.2, -0.15) is 5.10 Å². The molecule has 0 bridgehead atoms. The van der Waals surface area contributed by atoms with Crippen molar-refractivity contribution in [3.63, 3.8) is 0 Å². The van der Waals surface area contributed by atoms with Gasteiger partial charge >= 0.3 is 6.03 Å². The van der Waals surface area contributed by atoms with Crippen molar-refractivity contribution < 1.29 is 14.7 Å². The summed E-state index contributed by atoms with van der Waals surface area (Å²) in [7, 11) is 0. The monoisotopic (exact) mass is 342 g/mol. The van der Waals surface area contributed by atoms with Crippen LogP contribution in [0.2, 0.25) is 0 Å². The van der Waals surface area contributed by atoms with Crippen LogP contribution in [0.3, 0.4) is 0 Å². The molecule has 0 aromatic carbocycles. The lowest BCUT2D eigenvalue weighted by molar-refractivity contribution is -0.122. The summed E-state index contributed by atoms with van der Waals surface area (Å²) in [6.45, 7) is 1.55. The second-order valence-corrected chi connectivity index (χ2v) is 7.16. The van der Waals surface area contributed by atoms with Crippen LogP contribution in [-0.2, 0) is 4.79 Å². The van der Waals surface area contributed by atoms with Crippen molar-refractivity contribution in [2.24, 2.45) is 5.41 Å². The first-order chi connectivity index (χ1) is 12.1. The summed E-state index contributed by atoms with van der Waals surface area (Å²) < 4.78 is 1.65. The van der Waals surface area contributed by atoms with E-state index in [1.807, 2.05) is 6.07 Å². The Bertz CT molecular complexity index is 889. The summed E-state index contributed by atoms with van der Waals surface area (Å²) in [5.74, 6) is -0.910. The fourth-order valence-electron chi connectivity index (χ4n) is 3.88. The van der Waals surface area contributed by atoms with E-state index in [0.29, 0.717) is 17.9 Å². The Balaban J connectivity index is 1.56. The number of fused-ring (bicyclic) bond motifs is 1. The van der Waals surface area contributed by atoms with Gasteiger partial charge in [-0.05, 0) is 18.9 Å². The smallest absolute Gasteiger partial charge is 0.321 e. The van der Waals surface area contributed by atoms with Gasteiger partial charge in [-0.25, -0.2) is 14.3 Å². The molecule has 2 aromatic heterocycles. The standard InChI is InChI=1S/C16H18N6O3/c23-12-7-21(8-16(12)1-2-16)11-5-10(20-22-4-3-17-13(11)22)9-6-18-15(25)19-14(9)24/h3-5,9,12,23H,1-2,6-8H2,(H2,18,19,24,25). The molecule has 1 spiro atoms. The first-order valence-corrected chi connectivity index (χ1v) is 8.42. The maximum atomic E-state index is 12.2. The molecule has 2 saturated heterocycles. The van der Waals surface area contributed by atoms with Crippen LogP contribution in [0.15, 0.2) is 18.5 Å². The molecule has 4 heterocycles. The van der Waals surface area contributed by atoms with E-state index >= 15 is 0 Å². The molecule has 1 aliphatic carbocycles. The zero-order valence-corrected chi connectivity index (χ0v) is 13.5. The maximum absolute atomic E-state index is 12.2. The lowest BCUT2D eigenvalue weighted by Gasteiger charge is -2.24. The average molecular weight is 342 g/mol. The molecule has 3 N–H and O–H groups in total. The number of hydrogen-bond acceptors (Lipinski definition) is 6. The van der Waals surface area contributed by atoms with Gasteiger partial charge in [0.15, 0.2) is 5.65 Å². The molecule has 3 amide bonds. The number of anilines is 1. The topological polar surface area (TPSA) is 112 Å². The quantitative estimate of drug-likeness (QED) is 0.686. The van der Waals surface area contributed by atoms with Crippen LogP contribution in [0.25, 0.3) is 5.65 Å². The van der Waals surface area contributed by atoms with Crippen LogP contribution in [0.4, 0.5) is 10.5 Å². The number of hydrogen-bond donors (Lipinski definition) is 3. The summed E-state index contributed by atoms with van der Waals surface area (Å²) in [5, 5.41) is 19.8. The Morgan fingerprint density at radius 3 is 2.88 bits per heavy atom. The predicted molar refractivity (Wildman–Crippen MR) is 87.2 cm³/mol. The zero-order valence-electron chi connectivity index (χ0n) is 13.5. The molecule has 2 unspecified atom stereocenters. The summed E-state index contributed by atoms with van der Waals surface area (Å²) in [6, 6.07) is 1.38. The number of urea groups is 1. The third-order valence-corrected chi connectivity index (χ3v) is 5.57. The van der Waals surface area contributed by atoms with Crippen LogP contribution < -0.4 is 15.5 Å². The minimum absolute atomic E-state index is 0.0171. The number of aliphatic hydroxyl groups is 1. The lowest BCUT2D eigenvalue weighted by Crippen LogP contribution is -2.51. The van der Waals surface area contributed by atoms with E-state index in [9.17, 15) is 14.7 Å². The molecular formula is C16H18N6O3. The van der Waals surface area contributed by atoms with Crippen molar-refractivity contribution in [2.45, 2.75) is 24.9 Å². The first-order valence-electron chi connectivity index (χ1n) is 8.42. The predicted octanol–water partition coefficient (Wildman–Crippen LogP) is -0.387. The van der Waals surface area contributed by atoms with Crippen molar-refractivity contribution in [1.82, 2.24) is 25.2 Å². The summed E-state index contributed by atoms with van der Waals surface area (Å²) >= 11 is 0. The van der Waals surface area contributed by atoms with Crippen LogP contribution in [0.1, 0.15) is 24.5 Å². The number of aromatic nitrogens is 3. The van der Waals surface area contributed by atoms with Crippen molar-refractivity contribution in [3.8, 4) is 0 Å². The molecular weight excluding hydrogens is 324 g/mol. The fraction of sp³-hybridized carbons (Fsp3) is 0.500. The van der Waals surface area contributed by atoms with Crippen molar-refractivity contribution in [1.29, 1.82) is 0 Å². The molecule has 1 saturated carbocycles. The normalized spacial score (nSPS) is 27.6. The van der Waals surface area contributed by atoms with E-state index in [-0.39, 0.29) is 24.0 Å². The molecule has 25 heavy (non-hydrogen) atoms. The van der Waals surface area contributed by atoms with Gasteiger partial charge in [-0.3, -0.25) is 10.1 Å². The molecule has 5 rings (SSSR count). The third kappa shape index (κ3) is 2.19. The highest BCUT2D eigenvalue weighted by Crippen LogP contribution is 2.53. The molecule has 0 radical (unpaired) electrons. The van der Waals surface area contributed by atoms with E-state index in [1.165, 1.54) is 0 Å². The second-order valence-electron chi connectivity index (χ2n) is 7.16. The molecule has 9 nitrogen and oxygen atoms in total. The van der Waals surface area contributed by atoms with Gasteiger partial charge in [0.25, 0.3) is 0 Å². The average Bonchev–Trinajstić information content (AvgIpc) is 3.07. The Morgan fingerprint density at radius 1 is 1.32 bits per heavy atom. The van der Waals surface area contributed by atoms with Gasteiger partial charge in [0.2, 0.25) is 5.91 Å². The van der Waals surface area contributed by atoms with Gasteiger partial charge in [0, 0.05) is 37.4 Å². The van der Waals surface area contributed by atoms with E-state index in [4.69, 9.17) is 0 Å². The number of β-amino-alcohol motifs (C(OH)–C–C–N with tert-alkyl or cyclic N) is 1. The molecule has 3 fully saturated rings. The SMILES string of the molecule is O=C1NCC(c2cc(N3CC(O)C4(CC4)C3)c3nccn3n2)C(=O)N1. The van der Waals surface area contributed by atoms with Crippen LogP contribution >= 0.6 is 0 Å². The summed E-state index contributed by atoms with van der Waals surface area (Å²) in [6.07, 6.45) is 5.16. The second kappa shape index (κ2) is 4.92. The number of carbonyl (C=O) groups is 2. The number of imidazole rings is 1. The van der Waals surface area contributed by atoms with Gasteiger partial charge in [0.1, 0.15) is 0 Å². The number of nitrogens with one attached hydrogen (secondary N) is 2. The highest BCUT2D eigenvalue weighted by Gasteiger charge is 2.55. The van der Waals surface area contributed by atoms with Crippen molar-refractivity contribution in [2.75, 3.05) is 24.5 Å². The van der Waals surface area contributed by atoms with E-state index in [1.54, 1.807) is 16.9 Å². The van der Waals surface area contributed by atoms with E-state index < -0.39 is 11.9 Å². The summed E-state index contributed by atoms with van der Waals surface area (Å²) in [5.41, 5.74) is 2.16. The highest BCUT2D eigenvalue weighted by molar-refractivity contribution is 6.00.